The van der Waals surface area contributed by atoms with Crippen molar-refractivity contribution in [1.82, 2.24) is 10.0 Å². The molecule has 2 aromatic rings. The van der Waals surface area contributed by atoms with Gasteiger partial charge in [-0.1, -0.05) is 18.2 Å². The van der Waals surface area contributed by atoms with Crippen molar-refractivity contribution in [2.24, 2.45) is 4.99 Å². The first-order chi connectivity index (χ1) is 12.7. The van der Waals surface area contributed by atoms with Crippen molar-refractivity contribution in [1.29, 1.82) is 0 Å². The number of carbonyl (C=O) groups is 1. The van der Waals surface area contributed by atoms with Crippen LogP contribution in [-0.2, 0) is 14.8 Å². The first-order valence-corrected chi connectivity index (χ1v) is 9.62. The van der Waals surface area contributed by atoms with Crippen LogP contribution in [0.2, 0.25) is 0 Å². The standard InChI is InChI=1S/C18H17F2N3O3S/c1-10(12-7-8-14(19)15(20)9-12)22-18(24)11(2)21-17-13-5-3-4-6-16(13)27(25,26)23-17/h3-11H,1-2H3,(H,21,23)(H,22,24). The third-order valence-electron chi connectivity index (χ3n) is 4.17. The lowest BCUT2D eigenvalue weighted by Crippen LogP contribution is -2.35. The molecule has 0 saturated carbocycles. The number of hydrogen-bond acceptors (Lipinski definition) is 4. The van der Waals surface area contributed by atoms with Gasteiger partial charge in [0.15, 0.2) is 11.6 Å². The number of nitrogens with one attached hydrogen (secondary N) is 2. The van der Waals surface area contributed by atoms with E-state index in [0.29, 0.717) is 11.1 Å². The molecule has 9 heteroatoms. The summed E-state index contributed by atoms with van der Waals surface area (Å²) < 4.78 is 52.9. The second-order valence-electron chi connectivity index (χ2n) is 6.16. The van der Waals surface area contributed by atoms with Gasteiger partial charge in [0.25, 0.3) is 10.0 Å². The predicted molar refractivity (Wildman–Crippen MR) is 95.7 cm³/mol. The summed E-state index contributed by atoms with van der Waals surface area (Å²) in [6.45, 7) is 3.13. The number of sulfonamides is 1. The Morgan fingerprint density at radius 1 is 1.11 bits per heavy atom. The van der Waals surface area contributed by atoms with Crippen LogP contribution in [0.4, 0.5) is 8.78 Å². The number of nitrogens with zero attached hydrogens (tertiary/aromatic N) is 1. The average molecular weight is 393 g/mol. The van der Waals surface area contributed by atoms with E-state index in [1.807, 2.05) is 0 Å². The molecule has 0 bridgehead atoms. The van der Waals surface area contributed by atoms with Crippen molar-refractivity contribution in [3.8, 4) is 0 Å². The molecule has 0 spiro atoms. The van der Waals surface area contributed by atoms with Gasteiger partial charge in [0.1, 0.15) is 11.9 Å². The van der Waals surface area contributed by atoms with Crippen LogP contribution < -0.4 is 10.0 Å². The zero-order valence-electron chi connectivity index (χ0n) is 14.5. The van der Waals surface area contributed by atoms with Crippen LogP contribution in [-0.4, -0.2) is 26.2 Å². The molecule has 0 aromatic heterocycles. The molecule has 27 heavy (non-hydrogen) atoms. The van der Waals surface area contributed by atoms with Gasteiger partial charge in [0.05, 0.1) is 10.9 Å². The maximum absolute atomic E-state index is 13.3. The number of hydrogen-bond donors (Lipinski definition) is 2. The van der Waals surface area contributed by atoms with E-state index in [1.165, 1.54) is 19.1 Å². The minimum absolute atomic E-state index is 0.0914. The van der Waals surface area contributed by atoms with Gasteiger partial charge >= 0.3 is 0 Å². The second kappa shape index (κ2) is 7.07. The van der Waals surface area contributed by atoms with E-state index in [9.17, 15) is 22.0 Å². The number of halogens is 2. The fourth-order valence-corrected chi connectivity index (χ4v) is 3.92. The fourth-order valence-electron chi connectivity index (χ4n) is 2.68. The van der Waals surface area contributed by atoms with Crippen molar-refractivity contribution >= 4 is 21.8 Å². The predicted octanol–water partition coefficient (Wildman–Crippen LogP) is 2.27. The molecule has 0 saturated heterocycles. The number of benzene rings is 2. The Bertz CT molecular complexity index is 1040. The zero-order chi connectivity index (χ0) is 19.8. The minimum Gasteiger partial charge on any atom is -0.348 e. The second-order valence-corrected chi connectivity index (χ2v) is 7.81. The van der Waals surface area contributed by atoms with Crippen LogP contribution in [0.15, 0.2) is 52.4 Å². The monoisotopic (exact) mass is 393 g/mol. The van der Waals surface area contributed by atoms with Crippen LogP contribution in [0.1, 0.15) is 31.0 Å². The molecule has 1 aliphatic rings. The van der Waals surface area contributed by atoms with Crippen molar-refractivity contribution in [2.45, 2.75) is 30.8 Å². The molecule has 2 aromatic carbocycles. The summed E-state index contributed by atoms with van der Waals surface area (Å²) in [5, 5.41) is 2.65. The zero-order valence-corrected chi connectivity index (χ0v) is 15.3. The first kappa shape index (κ1) is 19.0. The number of rotatable bonds is 4. The highest BCUT2D eigenvalue weighted by Crippen LogP contribution is 2.23. The van der Waals surface area contributed by atoms with Gasteiger partial charge in [0, 0.05) is 5.56 Å². The number of carbonyl (C=O) groups excluding carboxylic acids is 1. The van der Waals surface area contributed by atoms with Gasteiger partial charge in [-0.05, 0) is 43.7 Å². The summed E-state index contributed by atoms with van der Waals surface area (Å²) in [6, 6.07) is 8.22. The molecular weight excluding hydrogens is 376 g/mol. The Labute approximate surface area is 155 Å². The summed E-state index contributed by atoms with van der Waals surface area (Å²) in [4.78, 5) is 16.7. The van der Waals surface area contributed by atoms with Gasteiger partial charge in [-0.2, -0.15) is 0 Å². The minimum atomic E-state index is -3.69. The van der Waals surface area contributed by atoms with E-state index >= 15 is 0 Å². The van der Waals surface area contributed by atoms with E-state index in [-0.39, 0.29) is 10.7 Å². The smallest absolute Gasteiger partial charge is 0.263 e. The highest BCUT2D eigenvalue weighted by atomic mass is 32.2. The van der Waals surface area contributed by atoms with Gasteiger partial charge in [-0.15, -0.1) is 0 Å². The molecule has 1 aliphatic heterocycles. The number of fused-ring (bicyclic) bond motifs is 1. The molecular formula is C18H17F2N3O3S. The molecule has 0 fully saturated rings. The van der Waals surface area contributed by atoms with Crippen molar-refractivity contribution < 1.29 is 22.0 Å². The molecule has 2 unspecified atom stereocenters. The highest BCUT2D eigenvalue weighted by Gasteiger charge is 2.31. The average Bonchev–Trinajstić information content (AvgIpc) is 2.88. The van der Waals surface area contributed by atoms with E-state index in [1.54, 1.807) is 25.1 Å². The molecule has 6 nitrogen and oxygen atoms in total. The normalized spacial score (nSPS) is 18.4. The maximum atomic E-state index is 13.3. The Hall–Kier alpha value is -2.81. The molecule has 142 valence electrons. The topological polar surface area (TPSA) is 87.6 Å². The van der Waals surface area contributed by atoms with Gasteiger partial charge in [0.2, 0.25) is 5.91 Å². The first-order valence-electron chi connectivity index (χ1n) is 8.14. The summed E-state index contributed by atoms with van der Waals surface area (Å²) in [5.74, 6) is -2.36. The summed E-state index contributed by atoms with van der Waals surface area (Å²) in [7, 11) is -3.69. The number of aliphatic imine (C=N–C) groups is 1. The van der Waals surface area contributed by atoms with Gasteiger partial charge < -0.3 is 5.32 Å². The van der Waals surface area contributed by atoms with Crippen molar-refractivity contribution in [3.63, 3.8) is 0 Å². The Morgan fingerprint density at radius 2 is 1.81 bits per heavy atom. The lowest BCUT2D eigenvalue weighted by Gasteiger charge is -2.16. The molecule has 1 heterocycles. The van der Waals surface area contributed by atoms with Crippen LogP contribution >= 0.6 is 0 Å². The van der Waals surface area contributed by atoms with Crippen LogP contribution in [0.3, 0.4) is 0 Å². The third kappa shape index (κ3) is 3.82. The highest BCUT2D eigenvalue weighted by molar-refractivity contribution is 7.90. The van der Waals surface area contributed by atoms with E-state index in [0.717, 1.165) is 12.1 Å². The van der Waals surface area contributed by atoms with Crippen molar-refractivity contribution in [2.75, 3.05) is 0 Å². The Morgan fingerprint density at radius 3 is 2.52 bits per heavy atom. The van der Waals surface area contributed by atoms with Gasteiger partial charge in [-0.3, -0.25) is 14.5 Å². The van der Waals surface area contributed by atoms with Crippen LogP contribution in [0.5, 0.6) is 0 Å². The molecule has 1 amide bonds. The van der Waals surface area contributed by atoms with Crippen LogP contribution in [0, 0.1) is 11.6 Å². The Balaban J connectivity index is 1.76. The van der Waals surface area contributed by atoms with Crippen molar-refractivity contribution in [3.05, 3.63) is 65.2 Å². The molecule has 0 aliphatic carbocycles. The van der Waals surface area contributed by atoms with E-state index in [2.05, 4.69) is 15.0 Å². The number of amides is 1. The van der Waals surface area contributed by atoms with E-state index < -0.39 is 39.6 Å². The molecule has 2 atom stereocenters. The lowest BCUT2D eigenvalue weighted by atomic mass is 10.1. The van der Waals surface area contributed by atoms with E-state index in [4.69, 9.17) is 0 Å². The summed E-state index contributed by atoms with van der Waals surface area (Å²) >= 11 is 0. The fraction of sp³-hybridized carbons (Fsp3) is 0.222. The Kier molecular flexibility index (Phi) is 4.97. The number of amidine groups is 1. The summed E-state index contributed by atoms with van der Waals surface area (Å²) in [6.07, 6.45) is 0. The molecule has 0 radical (unpaired) electrons. The quantitative estimate of drug-likeness (QED) is 0.835. The molecule has 2 N–H and O–H groups in total. The molecule has 3 rings (SSSR count). The largest absolute Gasteiger partial charge is 0.348 e. The lowest BCUT2D eigenvalue weighted by molar-refractivity contribution is -0.122. The maximum Gasteiger partial charge on any atom is 0.263 e. The summed E-state index contributed by atoms with van der Waals surface area (Å²) in [5.41, 5.74) is 0.792. The SMILES string of the molecule is CC(N=C1NS(=O)(=O)c2ccccc21)C(=O)NC(C)c1ccc(F)c(F)c1. The van der Waals surface area contributed by atoms with Gasteiger partial charge in [-0.25, -0.2) is 17.2 Å². The van der Waals surface area contributed by atoms with Crippen LogP contribution in [0.25, 0.3) is 0 Å². The third-order valence-corrected chi connectivity index (χ3v) is 5.56.